The van der Waals surface area contributed by atoms with Crippen molar-refractivity contribution in [1.29, 1.82) is 0 Å². The second-order valence-electron chi connectivity index (χ2n) is 3.74. The van der Waals surface area contributed by atoms with Crippen molar-refractivity contribution in [2.24, 2.45) is 5.92 Å². The molecule has 0 aliphatic carbocycles. The third kappa shape index (κ3) is 5.59. The Balaban J connectivity index is 3.53. The zero-order chi connectivity index (χ0) is 9.40. The van der Waals surface area contributed by atoms with Gasteiger partial charge >= 0.3 is 0 Å². The third-order valence-corrected chi connectivity index (χ3v) is 2.50. The Morgan fingerprint density at radius 2 is 1.58 bits per heavy atom. The topological polar surface area (TPSA) is 20.2 Å². The van der Waals surface area contributed by atoms with Crippen LogP contribution in [-0.4, -0.2) is 11.2 Å². The van der Waals surface area contributed by atoms with E-state index < -0.39 is 0 Å². The first-order valence-electron chi connectivity index (χ1n) is 5.42. The molecule has 0 radical (unpaired) electrons. The maximum Gasteiger partial charge on any atom is 0.0542 e. The van der Waals surface area contributed by atoms with Gasteiger partial charge in [0, 0.05) is 0 Å². The molecule has 0 aromatic heterocycles. The Kier molecular flexibility index (Phi) is 7.58. The number of hydrogen-bond donors (Lipinski definition) is 1. The van der Waals surface area contributed by atoms with E-state index in [1.807, 2.05) is 0 Å². The van der Waals surface area contributed by atoms with E-state index in [1.165, 1.54) is 19.3 Å². The monoisotopic (exact) mass is 172 g/mol. The largest absolute Gasteiger partial charge is 0.393 e. The molecule has 1 nitrogen and oxygen atoms in total. The molecular weight excluding hydrogens is 148 g/mol. The maximum atomic E-state index is 9.58. The van der Waals surface area contributed by atoms with E-state index in [0.717, 1.165) is 25.2 Å². The molecule has 0 aliphatic rings. The van der Waals surface area contributed by atoms with Crippen LogP contribution in [0, 0.1) is 5.92 Å². The van der Waals surface area contributed by atoms with E-state index >= 15 is 0 Å². The van der Waals surface area contributed by atoms with Crippen LogP contribution < -0.4 is 0 Å². The molecule has 0 fully saturated rings. The molecule has 1 N–H and O–H groups in total. The zero-order valence-electron chi connectivity index (χ0n) is 8.84. The Morgan fingerprint density at radius 1 is 1.00 bits per heavy atom. The van der Waals surface area contributed by atoms with Gasteiger partial charge in [-0.2, -0.15) is 0 Å². The van der Waals surface area contributed by atoms with Crippen LogP contribution in [0.3, 0.4) is 0 Å². The zero-order valence-corrected chi connectivity index (χ0v) is 8.84. The van der Waals surface area contributed by atoms with Crippen molar-refractivity contribution in [2.75, 3.05) is 0 Å². The number of rotatable bonds is 7. The van der Waals surface area contributed by atoms with E-state index in [-0.39, 0.29) is 6.10 Å². The normalized spacial score (nSPS) is 16.0. The molecule has 0 saturated heterocycles. The van der Waals surface area contributed by atoms with E-state index in [1.54, 1.807) is 0 Å². The van der Waals surface area contributed by atoms with Gasteiger partial charge in [0.25, 0.3) is 0 Å². The molecule has 0 rings (SSSR count). The van der Waals surface area contributed by atoms with Gasteiger partial charge in [-0.3, -0.25) is 0 Å². The van der Waals surface area contributed by atoms with Gasteiger partial charge in [-0.25, -0.2) is 0 Å². The highest BCUT2D eigenvalue weighted by Gasteiger charge is 2.10. The highest BCUT2D eigenvalue weighted by atomic mass is 16.3. The summed E-state index contributed by atoms with van der Waals surface area (Å²) < 4.78 is 0. The van der Waals surface area contributed by atoms with Gasteiger partial charge in [0.2, 0.25) is 0 Å². The molecule has 0 spiro atoms. The summed E-state index contributed by atoms with van der Waals surface area (Å²) >= 11 is 0. The Labute approximate surface area is 77.2 Å². The van der Waals surface area contributed by atoms with Gasteiger partial charge in [0.05, 0.1) is 6.10 Å². The SMILES string of the molecule is CCCC(O)CC(CC)CCC. The van der Waals surface area contributed by atoms with Crippen LogP contribution in [0.15, 0.2) is 0 Å². The van der Waals surface area contributed by atoms with Crippen LogP contribution in [0.25, 0.3) is 0 Å². The summed E-state index contributed by atoms with van der Waals surface area (Å²) in [6, 6.07) is 0. The lowest BCUT2D eigenvalue weighted by Crippen LogP contribution is -2.12. The highest BCUT2D eigenvalue weighted by molar-refractivity contribution is 4.63. The summed E-state index contributed by atoms with van der Waals surface area (Å²) in [5.41, 5.74) is 0. The molecule has 0 amide bonds. The first kappa shape index (κ1) is 12.0. The predicted octanol–water partition coefficient (Wildman–Crippen LogP) is 3.36. The van der Waals surface area contributed by atoms with Gasteiger partial charge in [0.15, 0.2) is 0 Å². The molecule has 0 aromatic rings. The lowest BCUT2D eigenvalue weighted by Gasteiger charge is -2.17. The Morgan fingerprint density at radius 3 is 2.00 bits per heavy atom. The summed E-state index contributed by atoms with van der Waals surface area (Å²) in [6.07, 6.45) is 6.78. The molecule has 2 atom stereocenters. The van der Waals surface area contributed by atoms with E-state index in [2.05, 4.69) is 20.8 Å². The van der Waals surface area contributed by atoms with Crippen molar-refractivity contribution < 1.29 is 5.11 Å². The van der Waals surface area contributed by atoms with Crippen molar-refractivity contribution in [3.63, 3.8) is 0 Å². The van der Waals surface area contributed by atoms with E-state index in [0.29, 0.717) is 0 Å². The average Bonchev–Trinajstić information content (AvgIpc) is 2.04. The first-order valence-corrected chi connectivity index (χ1v) is 5.42. The average molecular weight is 172 g/mol. The van der Waals surface area contributed by atoms with Crippen LogP contribution in [-0.2, 0) is 0 Å². The minimum atomic E-state index is -0.0495. The van der Waals surface area contributed by atoms with Gasteiger partial charge in [0.1, 0.15) is 0 Å². The van der Waals surface area contributed by atoms with Gasteiger partial charge in [-0.05, 0) is 18.8 Å². The van der Waals surface area contributed by atoms with Crippen molar-refractivity contribution >= 4 is 0 Å². The van der Waals surface area contributed by atoms with Crippen LogP contribution in [0.1, 0.15) is 59.3 Å². The molecular formula is C11H24O. The van der Waals surface area contributed by atoms with Crippen LogP contribution in [0.2, 0.25) is 0 Å². The molecule has 2 unspecified atom stereocenters. The summed E-state index contributed by atoms with van der Waals surface area (Å²) in [4.78, 5) is 0. The van der Waals surface area contributed by atoms with Crippen molar-refractivity contribution in [2.45, 2.75) is 65.4 Å². The Bertz CT molecular complexity index is 91.0. The molecule has 74 valence electrons. The summed E-state index contributed by atoms with van der Waals surface area (Å²) in [5, 5.41) is 9.58. The summed E-state index contributed by atoms with van der Waals surface area (Å²) in [6.45, 7) is 6.57. The second-order valence-corrected chi connectivity index (χ2v) is 3.74. The summed E-state index contributed by atoms with van der Waals surface area (Å²) in [5.74, 6) is 0.747. The molecule has 0 aliphatic heterocycles. The lowest BCUT2D eigenvalue weighted by molar-refractivity contribution is 0.128. The number of aliphatic hydroxyl groups excluding tert-OH is 1. The minimum Gasteiger partial charge on any atom is -0.393 e. The van der Waals surface area contributed by atoms with Gasteiger partial charge in [-0.1, -0.05) is 46.5 Å². The minimum absolute atomic E-state index is 0.0495. The fourth-order valence-corrected chi connectivity index (χ4v) is 1.73. The van der Waals surface area contributed by atoms with Crippen LogP contribution >= 0.6 is 0 Å². The molecule has 0 saturated carbocycles. The number of aliphatic hydroxyl groups is 1. The van der Waals surface area contributed by atoms with Crippen LogP contribution in [0.5, 0.6) is 0 Å². The predicted molar refractivity (Wildman–Crippen MR) is 54.2 cm³/mol. The first-order chi connectivity index (χ1) is 5.74. The molecule has 0 heterocycles. The molecule has 0 aromatic carbocycles. The van der Waals surface area contributed by atoms with E-state index in [4.69, 9.17) is 0 Å². The maximum absolute atomic E-state index is 9.58. The smallest absolute Gasteiger partial charge is 0.0542 e. The Hall–Kier alpha value is -0.0400. The van der Waals surface area contributed by atoms with Gasteiger partial charge < -0.3 is 5.11 Å². The van der Waals surface area contributed by atoms with Crippen molar-refractivity contribution in [3.8, 4) is 0 Å². The fraction of sp³-hybridized carbons (Fsp3) is 1.00. The molecule has 1 heteroatoms. The highest BCUT2D eigenvalue weighted by Crippen LogP contribution is 2.18. The van der Waals surface area contributed by atoms with E-state index in [9.17, 15) is 5.11 Å². The summed E-state index contributed by atoms with van der Waals surface area (Å²) in [7, 11) is 0. The standard InChI is InChI=1S/C11H24O/c1-4-7-10(6-3)9-11(12)8-5-2/h10-12H,4-9H2,1-3H3. The van der Waals surface area contributed by atoms with Crippen LogP contribution in [0.4, 0.5) is 0 Å². The molecule has 0 bridgehead atoms. The van der Waals surface area contributed by atoms with Gasteiger partial charge in [-0.15, -0.1) is 0 Å². The number of hydrogen-bond acceptors (Lipinski definition) is 1. The quantitative estimate of drug-likeness (QED) is 0.624. The fourth-order valence-electron chi connectivity index (χ4n) is 1.73. The van der Waals surface area contributed by atoms with Crippen molar-refractivity contribution in [1.82, 2.24) is 0 Å². The van der Waals surface area contributed by atoms with Crippen molar-refractivity contribution in [3.05, 3.63) is 0 Å². The molecule has 12 heavy (non-hydrogen) atoms. The second kappa shape index (κ2) is 7.60. The third-order valence-electron chi connectivity index (χ3n) is 2.50. The lowest BCUT2D eigenvalue weighted by atomic mass is 9.93.